The molecular weight excluding hydrogens is 296 g/mol. The van der Waals surface area contributed by atoms with E-state index in [1.165, 1.54) is 6.07 Å². The standard InChI is InChI=1S/C13H24N2O5S/c1-11(10-19-3)8-15-21(16,17)13-5-4-12(20-13)9-14-6-7-18-2/h4-5,11,14-15H,6-10H2,1-3H3. The van der Waals surface area contributed by atoms with Crippen LogP contribution < -0.4 is 10.0 Å². The highest BCUT2D eigenvalue weighted by atomic mass is 32.2. The zero-order valence-electron chi connectivity index (χ0n) is 12.7. The Balaban J connectivity index is 2.49. The Morgan fingerprint density at radius 2 is 2.05 bits per heavy atom. The monoisotopic (exact) mass is 320 g/mol. The van der Waals surface area contributed by atoms with Crippen molar-refractivity contribution in [2.24, 2.45) is 5.92 Å². The molecule has 1 rings (SSSR count). The number of sulfonamides is 1. The molecule has 0 fully saturated rings. The summed E-state index contributed by atoms with van der Waals surface area (Å²) in [6, 6.07) is 3.10. The molecule has 0 bridgehead atoms. The maximum atomic E-state index is 12.0. The lowest BCUT2D eigenvalue weighted by molar-refractivity contribution is 0.161. The van der Waals surface area contributed by atoms with Gasteiger partial charge in [0.15, 0.2) is 0 Å². The molecule has 21 heavy (non-hydrogen) atoms. The quantitative estimate of drug-likeness (QED) is 0.580. The lowest BCUT2D eigenvalue weighted by Gasteiger charge is -2.10. The molecule has 0 spiro atoms. The number of nitrogens with one attached hydrogen (secondary N) is 2. The van der Waals surface area contributed by atoms with Crippen LogP contribution in [0.5, 0.6) is 0 Å². The van der Waals surface area contributed by atoms with Crippen LogP contribution in [0.25, 0.3) is 0 Å². The Bertz CT molecular complexity index is 500. The van der Waals surface area contributed by atoms with E-state index < -0.39 is 10.0 Å². The molecule has 0 aliphatic rings. The van der Waals surface area contributed by atoms with E-state index in [4.69, 9.17) is 13.9 Å². The second-order valence-corrected chi connectivity index (χ2v) is 6.50. The van der Waals surface area contributed by atoms with Crippen molar-refractivity contribution in [3.05, 3.63) is 17.9 Å². The van der Waals surface area contributed by atoms with E-state index in [-0.39, 0.29) is 11.0 Å². The first-order valence-electron chi connectivity index (χ1n) is 6.76. The van der Waals surface area contributed by atoms with Gasteiger partial charge in [-0.3, -0.25) is 0 Å². The van der Waals surface area contributed by atoms with Gasteiger partial charge in [-0.1, -0.05) is 6.92 Å². The van der Waals surface area contributed by atoms with Crippen LogP contribution in [0.2, 0.25) is 0 Å². The first-order valence-corrected chi connectivity index (χ1v) is 8.25. The highest BCUT2D eigenvalue weighted by Gasteiger charge is 2.19. The van der Waals surface area contributed by atoms with Gasteiger partial charge in [-0.2, -0.15) is 0 Å². The van der Waals surface area contributed by atoms with Gasteiger partial charge < -0.3 is 19.2 Å². The molecule has 2 N–H and O–H groups in total. The minimum absolute atomic E-state index is 0.0735. The average molecular weight is 320 g/mol. The van der Waals surface area contributed by atoms with Gasteiger partial charge in [-0.15, -0.1) is 0 Å². The zero-order chi connectivity index (χ0) is 15.7. The molecule has 1 aromatic rings. The first-order chi connectivity index (χ1) is 9.99. The topological polar surface area (TPSA) is 89.8 Å². The number of hydrogen-bond acceptors (Lipinski definition) is 6. The second kappa shape index (κ2) is 9.16. The van der Waals surface area contributed by atoms with E-state index in [0.717, 1.165) is 0 Å². The fraction of sp³-hybridized carbons (Fsp3) is 0.692. The third-order valence-electron chi connectivity index (χ3n) is 2.76. The van der Waals surface area contributed by atoms with E-state index in [2.05, 4.69) is 10.0 Å². The van der Waals surface area contributed by atoms with Gasteiger partial charge >= 0.3 is 0 Å². The van der Waals surface area contributed by atoms with Gasteiger partial charge in [0, 0.05) is 33.9 Å². The van der Waals surface area contributed by atoms with Crippen molar-refractivity contribution in [3.8, 4) is 0 Å². The molecule has 7 nitrogen and oxygen atoms in total. The Labute approximate surface area is 126 Å². The molecule has 0 saturated carbocycles. The fourth-order valence-electron chi connectivity index (χ4n) is 1.65. The fourth-order valence-corrected chi connectivity index (χ4v) is 2.76. The summed E-state index contributed by atoms with van der Waals surface area (Å²) in [7, 11) is -0.409. The molecule has 0 saturated heterocycles. The summed E-state index contributed by atoms with van der Waals surface area (Å²) >= 11 is 0. The second-order valence-electron chi connectivity index (χ2n) is 4.80. The molecule has 1 aromatic heterocycles. The van der Waals surface area contributed by atoms with Crippen molar-refractivity contribution in [1.82, 2.24) is 10.0 Å². The van der Waals surface area contributed by atoms with Crippen LogP contribution in [0.15, 0.2) is 21.6 Å². The molecule has 0 amide bonds. The Hall–Kier alpha value is -0.930. The van der Waals surface area contributed by atoms with Gasteiger partial charge in [-0.25, -0.2) is 13.1 Å². The van der Waals surface area contributed by atoms with E-state index >= 15 is 0 Å². The van der Waals surface area contributed by atoms with E-state index in [0.29, 0.717) is 38.6 Å². The minimum Gasteiger partial charge on any atom is -0.447 e. The van der Waals surface area contributed by atoms with Gasteiger partial charge in [0.25, 0.3) is 10.0 Å². The Morgan fingerprint density at radius 1 is 1.29 bits per heavy atom. The highest BCUT2D eigenvalue weighted by molar-refractivity contribution is 7.89. The maximum Gasteiger partial charge on any atom is 0.273 e. The molecule has 122 valence electrons. The van der Waals surface area contributed by atoms with Crippen LogP contribution in [-0.2, 0) is 26.0 Å². The summed E-state index contributed by atoms with van der Waals surface area (Å²) in [6.45, 7) is 4.42. The molecule has 0 aromatic carbocycles. The van der Waals surface area contributed by atoms with Crippen molar-refractivity contribution < 1.29 is 22.3 Å². The Kier molecular flexibility index (Phi) is 7.91. The first kappa shape index (κ1) is 18.1. The molecular formula is C13H24N2O5S. The van der Waals surface area contributed by atoms with Crippen molar-refractivity contribution in [3.63, 3.8) is 0 Å². The maximum absolute atomic E-state index is 12.0. The number of rotatable bonds is 11. The van der Waals surface area contributed by atoms with Gasteiger partial charge in [0.2, 0.25) is 5.09 Å². The van der Waals surface area contributed by atoms with Crippen LogP contribution in [0, 0.1) is 5.92 Å². The third-order valence-corrected chi connectivity index (χ3v) is 4.05. The van der Waals surface area contributed by atoms with Crippen LogP contribution in [-0.4, -0.2) is 48.9 Å². The van der Waals surface area contributed by atoms with E-state index in [1.54, 1.807) is 20.3 Å². The summed E-state index contributed by atoms with van der Waals surface area (Å²) in [5.74, 6) is 0.659. The van der Waals surface area contributed by atoms with Crippen LogP contribution >= 0.6 is 0 Å². The summed E-state index contributed by atoms with van der Waals surface area (Å²) in [6.07, 6.45) is 0. The van der Waals surface area contributed by atoms with Gasteiger partial charge in [0.1, 0.15) is 5.76 Å². The lowest BCUT2D eigenvalue weighted by atomic mass is 10.2. The highest BCUT2D eigenvalue weighted by Crippen LogP contribution is 2.13. The van der Waals surface area contributed by atoms with E-state index in [9.17, 15) is 8.42 Å². The summed E-state index contributed by atoms with van der Waals surface area (Å²) in [5, 5.41) is 3.01. The molecule has 0 aliphatic heterocycles. The predicted molar refractivity (Wildman–Crippen MR) is 78.5 cm³/mol. The average Bonchev–Trinajstić information content (AvgIpc) is 2.92. The van der Waals surface area contributed by atoms with Crippen LogP contribution in [0.4, 0.5) is 0 Å². The van der Waals surface area contributed by atoms with Crippen molar-refractivity contribution >= 4 is 10.0 Å². The molecule has 1 atom stereocenters. The Morgan fingerprint density at radius 3 is 2.71 bits per heavy atom. The minimum atomic E-state index is -3.61. The van der Waals surface area contributed by atoms with Crippen molar-refractivity contribution in [2.45, 2.75) is 18.6 Å². The van der Waals surface area contributed by atoms with Gasteiger partial charge in [-0.05, 0) is 18.1 Å². The number of furan rings is 1. The molecule has 8 heteroatoms. The third kappa shape index (κ3) is 6.58. The SMILES string of the molecule is COCCNCc1ccc(S(=O)(=O)NCC(C)COC)o1. The summed E-state index contributed by atoms with van der Waals surface area (Å²) in [4.78, 5) is 0. The molecule has 1 unspecified atom stereocenters. The van der Waals surface area contributed by atoms with Crippen LogP contribution in [0.1, 0.15) is 12.7 Å². The summed E-state index contributed by atoms with van der Waals surface area (Å²) in [5.41, 5.74) is 0. The zero-order valence-corrected chi connectivity index (χ0v) is 13.5. The largest absolute Gasteiger partial charge is 0.447 e. The number of ether oxygens (including phenoxy) is 2. The van der Waals surface area contributed by atoms with Crippen molar-refractivity contribution in [2.75, 3.05) is 40.5 Å². The summed E-state index contributed by atoms with van der Waals surface area (Å²) < 4.78 is 41.8. The van der Waals surface area contributed by atoms with E-state index in [1.807, 2.05) is 6.92 Å². The predicted octanol–water partition coefficient (Wildman–Crippen LogP) is 0.576. The smallest absolute Gasteiger partial charge is 0.273 e. The molecule has 0 aliphatic carbocycles. The van der Waals surface area contributed by atoms with Crippen molar-refractivity contribution in [1.29, 1.82) is 0 Å². The number of hydrogen-bond donors (Lipinski definition) is 2. The lowest BCUT2D eigenvalue weighted by Crippen LogP contribution is -2.29. The molecule has 1 heterocycles. The van der Waals surface area contributed by atoms with Gasteiger partial charge in [0.05, 0.1) is 13.2 Å². The normalized spacial score (nSPS) is 13.5. The number of methoxy groups -OCH3 is 2. The van der Waals surface area contributed by atoms with Crippen LogP contribution in [0.3, 0.4) is 0 Å². The molecule has 0 radical (unpaired) electrons.